The molecule has 0 unspecified atom stereocenters. The predicted octanol–water partition coefficient (Wildman–Crippen LogP) is 2.51. The summed E-state index contributed by atoms with van der Waals surface area (Å²) in [5, 5.41) is 0. The standard InChI is InChI=1S/C11H10O/c1-7-3-4-8(2)11-9(7)5-6-10(11)12/h3-6H,1-2H3. The molecule has 0 amide bonds. The van der Waals surface area contributed by atoms with Gasteiger partial charge in [-0.2, -0.15) is 0 Å². The van der Waals surface area contributed by atoms with Crippen LogP contribution in [0.4, 0.5) is 0 Å². The maximum Gasteiger partial charge on any atom is 0.186 e. The van der Waals surface area contributed by atoms with Crippen molar-refractivity contribution in [2.24, 2.45) is 0 Å². The Morgan fingerprint density at radius 3 is 2.33 bits per heavy atom. The van der Waals surface area contributed by atoms with Crippen LogP contribution in [0.15, 0.2) is 18.2 Å². The van der Waals surface area contributed by atoms with E-state index in [4.69, 9.17) is 0 Å². The highest BCUT2D eigenvalue weighted by Gasteiger charge is 2.17. The van der Waals surface area contributed by atoms with Gasteiger partial charge in [0.25, 0.3) is 0 Å². The van der Waals surface area contributed by atoms with Crippen LogP contribution in [-0.2, 0) is 0 Å². The van der Waals surface area contributed by atoms with E-state index in [2.05, 4.69) is 6.07 Å². The number of rotatable bonds is 0. The Labute approximate surface area is 71.7 Å². The van der Waals surface area contributed by atoms with Crippen molar-refractivity contribution in [3.8, 4) is 0 Å². The maximum absolute atomic E-state index is 11.4. The lowest BCUT2D eigenvalue weighted by molar-refractivity contribution is 0.104. The molecule has 0 saturated heterocycles. The molecule has 0 aliphatic heterocycles. The number of ketones is 1. The minimum absolute atomic E-state index is 0.145. The SMILES string of the molecule is Cc1ccc(C)c2c1C=CC2=O. The van der Waals surface area contributed by atoms with Gasteiger partial charge < -0.3 is 0 Å². The van der Waals surface area contributed by atoms with Crippen LogP contribution >= 0.6 is 0 Å². The van der Waals surface area contributed by atoms with Gasteiger partial charge in [0.1, 0.15) is 0 Å². The van der Waals surface area contributed by atoms with E-state index >= 15 is 0 Å². The lowest BCUT2D eigenvalue weighted by Crippen LogP contribution is -1.96. The Hall–Kier alpha value is -1.37. The van der Waals surface area contributed by atoms with Gasteiger partial charge in [-0.1, -0.05) is 18.2 Å². The maximum atomic E-state index is 11.4. The topological polar surface area (TPSA) is 17.1 Å². The molecule has 0 fully saturated rings. The lowest BCUT2D eigenvalue weighted by Gasteiger charge is -2.04. The molecule has 1 aliphatic carbocycles. The quantitative estimate of drug-likeness (QED) is 0.567. The third kappa shape index (κ3) is 0.828. The molecule has 0 aromatic heterocycles. The van der Waals surface area contributed by atoms with E-state index in [0.29, 0.717) is 0 Å². The molecule has 0 N–H and O–H groups in total. The first-order chi connectivity index (χ1) is 5.70. The number of allylic oxidation sites excluding steroid dienone is 1. The van der Waals surface area contributed by atoms with E-state index in [1.165, 1.54) is 5.56 Å². The molecular formula is C11H10O. The van der Waals surface area contributed by atoms with Gasteiger partial charge in [0.05, 0.1) is 0 Å². The number of hydrogen-bond donors (Lipinski definition) is 0. The van der Waals surface area contributed by atoms with Crippen LogP contribution in [0.5, 0.6) is 0 Å². The molecule has 0 spiro atoms. The normalized spacial score (nSPS) is 13.7. The third-order valence-electron chi connectivity index (χ3n) is 2.32. The van der Waals surface area contributed by atoms with Gasteiger partial charge in [0.2, 0.25) is 0 Å². The van der Waals surface area contributed by atoms with Gasteiger partial charge in [-0.15, -0.1) is 0 Å². The second-order valence-electron chi connectivity index (χ2n) is 3.19. The van der Waals surface area contributed by atoms with Crippen LogP contribution in [0.1, 0.15) is 27.0 Å². The summed E-state index contributed by atoms with van der Waals surface area (Å²) in [5.41, 5.74) is 4.23. The Morgan fingerprint density at radius 2 is 1.67 bits per heavy atom. The highest BCUT2D eigenvalue weighted by atomic mass is 16.1. The second kappa shape index (κ2) is 2.31. The fourth-order valence-corrected chi connectivity index (χ4v) is 1.62. The van der Waals surface area contributed by atoms with Crippen molar-refractivity contribution in [1.29, 1.82) is 0 Å². The number of fused-ring (bicyclic) bond motifs is 1. The van der Waals surface area contributed by atoms with Gasteiger partial charge in [-0.05, 0) is 36.6 Å². The number of hydrogen-bond acceptors (Lipinski definition) is 1. The molecule has 1 aromatic rings. The van der Waals surface area contributed by atoms with Crippen LogP contribution in [0.2, 0.25) is 0 Å². The summed E-state index contributed by atoms with van der Waals surface area (Å²) in [6, 6.07) is 4.05. The molecule has 0 bridgehead atoms. The highest BCUT2D eigenvalue weighted by molar-refractivity contribution is 6.14. The van der Waals surface area contributed by atoms with E-state index in [1.54, 1.807) is 6.08 Å². The zero-order chi connectivity index (χ0) is 8.72. The van der Waals surface area contributed by atoms with E-state index in [9.17, 15) is 4.79 Å². The molecule has 0 heterocycles. The van der Waals surface area contributed by atoms with Gasteiger partial charge in [0.15, 0.2) is 5.78 Å². The molecule has 0 saturated carbocycles. The van der Waals surface area contributed by atoms with Crippen molar-refractivity contribution in [2.75, 3.05) is 0 Å². The Bertz CT molecular complexity index is 386. The molecule has 1 heteroatoms. The molecule has 60 valence electrons. The van der Waals surface area contributed by atoms with Crippen LogP contribution < -0.4 is 0 Å². The number of carbonyl (C=O) groups is 1. The van der Waals surface area contributed by atoms with Crippen LogP contribution in [0, 0.1) is 13.8 Å². The summed E-state index contributed by atoms with van der Waals surface area (Å²) in [4.78, 5) is 11.4. The summed E-state index contributed by atoms with van der Waals surface area (Å²) >= 11 is 0. The fourth-order valence-electron chi connectivity index (χ4n) is 1.62. The average Bonchev–Trinajstić information content (AvgIpc) is 2.42. The minimum atomic E-state index is 0.145. The van der Waals surface area contributed by atoms with Gasteiger partial charge >= 0.3 is 0 Å². The van der Waals surface area contributed by atoms with E-state index in [0.717, 1.165) is 16.7 Å². The summed E-state index contributed by atoms with van der Waals surface area (Å²) in [7, 11) is 0. The molecule has 1 nitrogen and oxygen atoms in total. The highest BCUT2D eigenvalue weighted by Crippen LogP contribution is 2.25. The van der Waals surface area contributed by atoms with Crippen LogP contribution in [-0.4, -0.2) is 5.78 Å². The summed E-state index contributed by atoms with van der Waals surface area (Å²) in [6.45, 7) is 4.00. The molecule has 12 heavy (non-hydrogen) atoms. The minimum Gasteiger partial charge on any atom is -0.289 e. The first-order valence-corrected chi connectivity index (χ1v) is 4.03. The van der Waals surface area contributed by atoms with Crippen molar-refractivity contribution in [2.45, 2.75) is 13.8 Å². The molecule has 1 aromatic carbocycles. The molecule has 0 atom stereocenters. The van der Waals surface area contributed by atoms with Crippen molar-refractivity contribution in [1.82, 2.24) is 0 Å². The molecular weight excluding hydrogens is 148 g/mol. The summed E-state index contributed by atoms with van der Waals surface area (Å²) < 4.78 is 0. The smallest absolute Gasteiger partial charge is 0.186 e. The largest absolute Gasteiger partial charge is 0.289 e. The molecule has 2 rings (SSSR count). The second-order valence-corrected chi connectivity index (χ2v) is 3.19. The van der Waals surface area contributed by atoms with Crippen molar-refractivity contribution >= 4 is 11.9 Å². The zero-order valence-corrected chi connectivity index (χ0v) is 7.22. The predicted molar refractivity (Wildman–Crippen MR) is 49.3 cm³/mol. The fraction of sp³-hybridized carbons (Fsp3) is 0.182. The van der Waals surface area contributed by atoms with Gasteiger partial charge in [-0.25, -0.2) is 0 Å². The van der Waals surface area contributed by atoms with Crippen molar-refractivity contribution in [3.05, 3.63) is 40.5 Å². The first kappa shape index (κ1) is 7.29. The molecule has 1 aliphatic rings. The van der Waals surface area contributed by atoms with Crippen molar-refractivity contribution in [3.63, 3.8) is 0 Å². The number of carbonyl (C=O) groups excluding carboxylic acids is 1. The third-order valence-corrected chi connectivity index (χ3v) is 2.32. The van der Waals surface area contributed by atoms with E-state index in [1.807, 2.05) is 26.0 Å². The first-order valence-electron chi connectivity index (χ1n) is 4.03. The monoisotopic (exact) mass is 158 g/mol. The summed E-state index contributed by atoms with van der Waals surface area (Å²) in [6.07, 6.45) is 3.55. The van der Waals surface area contributed by atoms with Crippen molar-refractivity contribution < 1.29 is 4.79 Å². The summed E-state index contributed by atoms with van der Waals surface area (Å²) in [5.74, 6) is 0.145. The van der Waals surface area contributed by atoms with E-state index in [-0.39, 0.29) is 5.78 Å². The zero-order valence-electron chi connectivity index (χ0n) is 7.22. The lowest BCUT2D eigenvalue weighted by atomic mass is 9.99. The Kier molecular flexibility index (Phi) is 1.40. The van der Waals surface area contributed by atoms with Crippen LogP contribution in [0.3, 0.4) is 0 Å². The Balaban J connectivity index is 2.79. The number of aryl methyl sites for hydroxylation is 2. The number of benzene rings is 1. The van der Waals surface area contributed by atoms with Gasteiger partial charge in [-0.3, -0.25) is 4.79 Å². The molecule has 0 radical (unpaired) electrons. The Morgan fingerprint density at radius 1 is 1.00 bits per heavy atom. The van der Waals surface area contributed by atoms with E-state index < -0.39 is 0 Å². The van der Waals surface area contributed by atoms with Crippen LogP contribution in [0.25, 0.3) is 6.08 Å². The average molecular weight is 158 g/mol. The van der Waals surface area contributed by atoms with Gasteiger partial charge in [0, 0.05) is 5.56 Å².